The summed E-state index contributed by atoms with van der Waals surface area (Å²) < 4.78 is 5.41. The van der Waals surface area contributed by atoms with Gasteiger partial charge in [-0.1, -0.05) is 6.07 Å². The first-order chi connectivity index (χ1) is 9.58. The van der Waals surface area contributed by atoms with Crippen molar-refractivity contribution >= 4 is 0 Å². The van der Waals surface area contributed by atoms with E-state index in [1.165, 1.54) is 0 Å². The van der Waals surface area contributed by atoms with Crippen molar-refractivity contribution in [2.45, 2.75) is 58.7 Å². The third kappa shape index (κ3) is 4.97. The summed E-state index contributed by atoms with van der Waals surface area (Å²) in [6.07, 6.45) is 1.77. The number of hydrogen-bond acceptors (Lipinski definition) is 4. The van der Waals surface area contributed by atoms with Crippen LogP contribution >= 0.6 is 0 Å². The number of aromatic nitrogens is 1. The Balaban J connectivity index is 2.86. The van der Waals surface area contributed by atoms with Crippen LogP contribution in [0.2, 0.25) is 0 Å². The topological polar surface area (TPSA) is 37.4 Å². The van der Waals surface area contributed by atoms with Crippen molar-refractivity contribution in [1.82, 2.24) is 15.2 Å². The van der Waals surface area contributed by atoms with Crippen molar-refractivity contribution in [1.29, 1.82) is 0 Å². The van der Waals surface area contributed by atoms with Gasteiger partial charge in [-0.2, -0.15) is 0 Å². The van der Waals surface area contributed by atoms with Crippen LogP contribution in [0.5, 0.6) is 5.88 Å². The highest BCUT2D eigenvalue weighted by Gasteiger charge is 2.30. The van der Waals surface area contributed by atoms with E-state index >= 15 is 0 Å². The zero-order valence-electron chi connectivity index (χ0n) is 14.8. The first-order valence-electron chi connectivity index (χ1n) is 7.56. The molecule has 120 valence electrons. The van der Waals surface area contributed by atoms with E-state index in [1.807, 2.05) is 6.07 Å². The Morgan fingerprint density at radius 1 is 1.29 bits per heavy atom. The molecule has 0 amide bonds. The normalized spacial score (nSPS) is 14.3. The molecule has 0 aliphatic rings. The highest BCUT2D eigenvalue weighted by Crippen LogP contribution is 2.32. The second kappa shape index (κ2) is 6.75. The smallest absolute Gasteiger partial charge is 0.218 e. The predicted octanol–water partition coefficient (Wildman–Crippen LogP) is 3.03. The van der Waals surface area contributed by atoms with E-state index in [9.17, 15) is 0 Å². The van der Waals surface area contributed by atoms with E-state index in [0.29, 0.717) is 11.9 Å². The Kier molecular flexibility index (Phi) is 5.76. The van der Waals surface area contributed by atoms with Crippen LogP contribution in [0, 0.1) is 0 Å². The summed E-state index contributed by atoms with van der Waals surface area (Å²) in [6, 6.07) is 4.45. The van der Waals surface area contributed by atoms with E-state index in [0.717, 1.165) is 12.1 Å². The molecule has 1 atom stereocenters. The number of likely N-dealkylation sites (N-methyl/N-ethyl adjacent to an activating group) is 1. The molecule has 1 aromatic heterocycles. The highest BCUT2D eigenvalue weighted by molar-refractivity contribution is 5.32. The second-order valence-electron chi connectivity index (χ2n) is 7.30. The lowest BCUT2D eigenvalue weighted by Crippen LogP contribution is -2.50. The minimum atomic E-state index is -0.145. The zero-order chi connectivity index (χ0) is 16.3. The average Bonchev–Trinajstić information content (AvgIpc) is 2.36. The van der Waals surface area contributed by atoms with Gasteiger partial charge in [0, 0.05) is 35.4 Å². The van der Waals surface area contributed by atoms with Gasteiger partial charge in [0.2, 0.25) is 5.88 Å². The maximum absolute atomic E-state index is 5.41. The third-order valence-corrected chi connectivity index (χ3v) is 3.81. The Bertz CT molecular complexity index is 452. The number of ether oxygens (including phenoxy) is 1. The molecule has 0 aliphatic carbocycles. The molecule has 0 radical (unpaired) electrons. The second-order valence-corrected chi connectivity index (χ2v) is 7.30. The van der Waals surface area contributed by atoms with Crippen molar-refractivity contribution in [2.75, 3.05) is 20.7 Å². The summed E-state index contributed by atoms with van der Waals surface area (Å²) in [5, 5.41) is 3.61. The monoisotopic (exact) mass is 293 g/mol. The van der Waals surface area contributed by atoms with Crippen LogP contribution in [0.15, 0.2) is 18.3 Å². The van der Waals surface area contributed by atoms with Crippen LogP contribution in [0.3, 0.4) is 0 Å². The molecule has 0 spiro atoms. The molecular weight excluding hydrogens is 262 g/mol. The molecule has 1 N–H and O–H groups in total. The Morgan fingerprint density at radius 3 is 2.43 bits per heavy atom. The number of hydrogen-bond donors (Lipinski definition) is 1. The van der Waals surface area contributed by atoms with Crippen LogP contribution in [0.1, 0.15) is 47.1 Å². The minimum Gasteiger partial charge on any atom is -0.481 e. The predicted molar refractivity (Wildman–Crippen MR) is 88.8 cm³/mol. The first kappa shape index (κ1) is 17.9. The molecule has 21 heavy (non-hydrogen) atoms. The van der Waals surface area contributed by atoms with Gasteiger partial charge in [-0.25, -0.2) is 4.98 Å². The summed E-state index contributed by atoms with van der Waals surface area (Å²) in [4.78, 5) is 6.66. The van der Waals surface area contributed by atoms with Crippen molar-refractivity contribution in [2.24, 2.45) is 0 Å². The van der Waals surface area contributed by atoms with Crippen molar-refractivity contribution in [3.05, 3.63) is 23.9 Å². The molecule has 0 bridgehead atoms. The average molecular weight is 293 g/mol. The van der Waals surface area contributed by atoms with E-state index in [2.05, 4.69) is 69.9 Å². The fraction of sp³-hybridized carbons (Fsp3) is 0.706. The fourth-order valence-corrected chi connectivity index (χ4v) is 2.65. The van der Waals surface area contributed by atoms with Gasteiger partial charge in [0.15, 0.2) is 0 Å². The number of nitrogens with one attached hydrogen (secondary N) is 1. The van der Waals surface area contributed by atoms with Crippen LogP contribution < -0.4 is 10.1 Å². The molecule has 0 aromatic carbocycles. The number of rotatable bonds is 6. The summed E-state index contributed by atoms with van der Waals surface area (Å²) in [5.41, 5.74) is 1.09. The van der Waals surface area contributed by atoms with E-state index in [-0.39, 0.29) is 11.1 Å². The molecule has 0 unspecified atom stereocenters. The number of pyridine rings is 1. The molecule has 1 rings (SSSR count). The van der Waals surface area contributed by atoms with Gasteiger partial charge in [0.25, 0.3) is 0 Å². The Hall–Kier alpha value is -1.13. The molecule has 0 aliphatic heterocycles. The van der Waals surface area contributed by atoms with Crippen LogP contribution in [0.4, 0.5) is 0 Å². The van der Waals surface area contributed by atoms with E-state index < -0.39 is 0 Å². The fourth-order valence-electron chi connectivity index (χ4n) is 2.65. The van der Waals surface area contributed by atoms with Gasteiger partial charge in [-0.15, -0.1) is 0 Å². The summed E-state index contributed by atoms with van der Waals surface area (Å²) in [5.74, 6) is 0.700. The molecule has 4 nitrogen and oxygen atoms in total. The molecule has 0 saturated carbocycles. The van der Waals surface area contributed by atoms with Crippen molar-refractivity contribution in [3.8, 4) is 5.88 Å². The largest absolute Gasteiger partial charge is 0.481 e. The summed E-state index contributed by atoms with van der Waals surface area (Å²) in [7, 11) is 3.82. The third-order valence-electron chi connectivity index (χ3n) is 3.81. The maximum Gasteiger partial charge on any atom is 0.218 e. The summed E-state index contributed by atoms with van der Waals surface area (Å²) in [6.45, 7) is 14.2. The number of methoxy groups -OCH3 is 1. The maximum atomic E-state index is 5.41. The van der Waals surface area contributed by atoms with E-state index in [4.69, 9.17) is 4.74 Å². The lowest BCUT2D eigenvalue weighted by molar-refractivity contribution is 0.132. The van der Waals surface area contributed by atoms with Gasteiger partial charge >= 0.3 is 0 Å². The first-order valence-corrected chi connectivity index (χ1v) is 7.56. The quantitative estimate of drug-likeness (QED) is 0.875. The van der Waals surface area contributed by atoms with E-state index in [1.54, 1.807) is 13.3 Å². The van der Waals surface area contributed by atoms with Gasteiger partial charge in [-0.05, 0) is 54.7 Å². The lowest BCUT2D eigenvalue weighted by atomic mass is 9.93. The minimum absolute atomic E-state index is 0.121. The van der Waals surface area contributed by atoms with Crippen LogP contribution in [-0.2, 0) is 5.54 Å². The Morgan fingerprint density at radius 2 is 1.90 bits per heavy atom. The molecule has 0 fully saturated rings. The lowest BCUT2D eigenvalue weighted by Gasteiger charge is -2.39. The molecule has 1 heterocycles. The summed E-state index contributed by atoms with van der Waals surface area (Å²) >= 11 is 0. The van der Waals surface area contributed by atoms with Gasteiger partial charge in [0.1, 0.15) is 0 Å². The zero-order valence-corrected chi connectivity index (χ0v) is 14.8. The molecule has 4 heteroatoms. The van der Waals surface area contributed by atoms with Gasteiger partial charge < -0.3 is 10.1 Å². The van der Waals surface area contributed by atoms with Crippen LogP contribution in [0.25, 0.3) is 0 Å². The molecular formula is C17H31N3O. The Labute approximate surface area is 129 Å². The van der Waals surface area contributed by atoms with Crippen LogP contribution in [-0.4, -0.2) is 42.2 Å². The van der Waals surface area contributed by atoms with Gasteiger partial charge in [-0.3, -0.25) is 4.90 Å². The van der Waals surface area contributed by atoms with Gasteiger partial charge in [0.05, 0.1) is 7.11 Å². The molecule has 1 aromatic rings. The highest BCUT2D eigenvalue weighted by atomic mass is 16.5. The van der Waals surface area contributed by atoms with Crippen molar-refractivity contribution < 1.29 is 4.74 Å². The SMILES string of the molecule is COc1ncccc1C(C)(C)N(C)C[C@H](C)NC(C)(C)C. The standard InChI is InChI=1S/C17H31N3O/c1-13(19-16(2,3)4)12-20(7)17(5,6)14-10-9-11-18-15(14)21-8/h9-11,13,19H,12H2,1-8H3/t13-/m0/s1. The van der Waals surface area contributed by atoms with Crippen molar-refractivity contribution in [3.63, 3.8) is 0 Å². The molecule has 0 saturated heterocycles. The number of nitrogens with zero attached hydrogens (tertiary/aromatic N) is 2.